The lowest BCUT2D eigenvalue weighted by Crippen LogP contribution is -2.28. The van der Waals surface area contributed by atoms with Crippen molar-refractivity contribution in [3.8, 4) is 6.07 Å². The fourth-order valence-corrected chi connectivity index (χ4v) is 3.50. The number of aromatic nitrogens is 2. The average Bonchev–Trinajstić information content (AvgIpc) is 3.19. The van der Waals surface area contributed by atoms with E-state index < -0.39 is 0 Å². The van der Waals surface area contributed by atoms with E-state index in [4.69, 9.17) is 5.73 Å². The van der Waals surface area contributed by atoms with E-state index in [1.54, 1.807) is 0 Å². The first-order valence-corrected chi connectivity index (χ1v) is 7.95. The summed E-state index contributed by atoms with van der Waals surface area (Å²) in [5.41, 5.74) is 9.42. The summed E-state index contributed by atoms with van der Waals surface area (Å²) in [6.07, 6.45) is 0.752. The lowest BCUT2D eigenvalue weighted by atomic mass is 10.1. The highest BCUT2D eigenvalue weighted by Crippen LogP contribution is 2.31. The van der Waals surface area contributed by atoms with Gasteiger partial charge in [-0.15, -0.1) is 0 Å². The summed E-state index contributed by atoms with van der Waals surface area (Å²) < 4.78 is 2.02. The summed E-state index contributed by atoms with van der Waals surface area (Å²) in [6.45, 7) is 3.28. The van der Waals surface area contributed by atoms with Gasteiger partial charge in [0.25, 0.3) is 0 Å². The van der Waals surface area contributed by atoms with E-state index in [-0.39, 0.29) is 11.8 Å². The average molecular weight is 319 g/mol. The van der Waals surface area contributed by atoms with Gasteiger partial charge in [-0.25, -0.2) is 4.98 Å². The molecule has 1 unspecified atom stereocenters. The fraction of sp³-hybridized carbons (Fsp3) is 0.278. The number of carbonyl (C=O) groups excluding carboxylic acids is 1. The third-order valence-corrected chi connectivity index (χ3v) is 4.78. The topological polar surface area (TPSA) is 87.4 Å². The molecule has 1 atom stereocenters. The number of benzene rings is 1. The van der Waals surface area contributed by atoms with Crippen LogP contribution in [0.3, 0.4) is 0 Å². The molecule has 0 saturated carbocycles. The highest BCUT2D eigenvalue weighted by atomic mass is 16.1. The molecule has 120 valence electrons. The van der Waals surface area contributed by atoms with E-state index in [2.05, 4.69) is 16.0 Å². The quantitative estimate of drug-likeness (QED) is 0.782. The van der Waals surface area contributed by atoms with Crippen molar-refractivity contribution in [2.45, 2.75) is 13.3 Å². The van der Waals surface area contributed by atoms with Gasteiger partial charge in [0.15, 0.2) is 5.65 Å². The van der Waals surface area contributed by atoms with Gasteiger partial charge in [-0.2, -0.15) is 5.26 Å². The molecule has 4 rings (SSSR count). The molecular formula is C18H17N5O. The molecule has 1 aliphatic heterocycles. The van der Waals surface area contributed by atoms with Gasteiger partial charge in [0, 0.05) is 13.1 Å². The molecule has 1 fully saturated rings. The number of para-hydroxylation sites is 2. The molecule has 0 aliphatic carbocycles. The predicted molar refractivity (Wildman–Crippen MR) is 91.7 cm³/mol. The highest BCUT2D eigenvalue weighted by Gasteiger charge is 2.29. The van der Waals surface area contributed by atoms with Crippen LogP contribution in [0.1, 0.15) is 17.5 Å². The van der Waals surface area contributed by atoms with Gasteiger partial charge < -0.3 is 10.6 Å². The Morgan fingerprint density at radius 2 is 2.21 bits per heavy atom. The van der Waals surface area contributed by atoms with Crippen LogP contribution >= 0.6 is 0 Å². The van der Waals surface area contributed by atoms with Gasteiger partial charge in [-0.05, 0) is 37.1 Å². The number of aryl methyl sites for hydroxylation is 1. The third-order valence-electron chi connectivity index (χ3n) is 4.78. The molecule has 6 nitrogen and oxygen atoms in total. The number of nitrogens with zero attached hydrogens (tertiary/aromatic N) is 4. The van der Waals surface area contributed by atoms with E-state index in [0.29, 0.717) is 17.8 Å². The first kappa shape index (κ1) is 14.5. The lowest BCUT2D eigenvalue weighted by Gasteiger charge is -2.21. The summed E-state index contributed by atoms with van der Waals surface area (Å²) >= 11 is 0. The van der Waals surface area contributed by atoms with Gasteiger partial charge in [0.1, 0.15) is 11.9 Å². The molecule has 1 aliphatic rings. The number of amides is 1. The number of fused-ring (bicyclic) bond motifs is 3. The van der Waals surface area contributed by atoms with Crippen molar-refractivity contribution in [2.24, 2.45) is 11.7 Å². The largest absolute Gasteiger partial charge is 0.369 e. The maximum atomic E-state index is 11.5. The van der Waals surface area contributed by atoms with Crippen molar-refractivity contribution >= 4 is 28.4 Å². The second-order valence-electron chi connectivity index (χ2n) is 6.27. The standard InChI is InChI=1S/C18H17N5O/c1-11-8-16(22-7-6-12(10-22)17(20)24)23-15-5-3-2-4-14(15)21-18(23)13(11)9-19/h2-5,8,12H,6-7,10H2,1H3,(H2,20,24). The van der Waals surface area contributed by atoms with E-state index in [0.717, 1.165) is 35.4 Å². The molecule has 6 heteroatoms. The van der Waals surface area contributed by atoms with Crippen LogP contribution in [0, 0.1) is 24.2 Å². The number of rotatable bonds is 2. The van der Waals surface area contributed by atoms with Crippen LogP contribution in [-0.4, -0.2) is 28.4 Å². The number of anilines is 1. The number of primary amides is 1. The summed E-state index contributed by atoms with van der Waals surface area (Å²) in [6, 6.07) is 12.1. The Morgan fingerprint density at radius 1 is 1.42 bits per heavy atom. The van der Waals surface area contributed by atoms with Crippen LogP contribution < -0.4 is 10.6 Å². The zero-order valence-corrected chi connectivity index (χ0v) is 13.4. The van der Waals surface area contributed by atoms with Crippen molar-refractivity contribution in [1.82, 2.24) is 9.38 Å². The number of pyridine rings is 1. The molecule has 1 saturated heterocycles. The summed E-state index contributed by atoms with van der Waals surface area (Å²) in [5, 5.41) is 9.53. The zero-order valence-electron chi connectivity index (χ0n) is 13.4. The molecule has 0 radical (unpaired) electrons. The van der Waals surface area contributed by atoms with E-state index in [1.165, 1.54) is 0 Å². The van der Waals surface area contributed by atoms with Gasteiger partial charge in [0.2, 0.25) is 5.91 Å². The van der Waals surface area contributed by atoms with Crippen LogP contribution in [-0.2, 0) is 4.79 Å². The van der Waals surface area contributed by atoms with E-state index in [9.17, 15) is 10.1 Å². The van der Waals surface area contributed by atoms with E-state index in [1.807, 2.05) is 41.7 Å². The summed E-state index contributed by atoms with van der Waals surface area (Å²) in [5.74, 6) is 0.569. The van der Waals surface area contributed by atoms with Crippen molar-refractivity contribution in [1.29, 1.82) is 5.26 Å². The molecule has 0 bridgehead atoms. The van der Waals surface area contributed by atoms with Crippen molar-refractivity contribution < 1.29 is 4.79 Å². The molecule has 1 aromatic carbocycles. The highest BCUT2D eigenvalue weighted by molar-refractivity contribution is 5.85. The minimum atomic E-state index is -0.255. The molecule has 3 aromatic rings. The van der Waals surface area contributed by atoms with Crippen molar-refractivity contribution in [3.05, 3.63) is 41.5 Å². The molecular weight excluding hydrogens is 302 g/mol. The monoisotopic (exact) mass is 319 g/mol. The number of carbonyl (C=O) groups is 1. The first-order valence-electron chi connectivity index (χ1n) is 7.95. The Kier molecular flexibility index (Phi) is 3.17. The smallest absolute Gasteiger partial charge is 0.222 e. The maximum absolute atomic E-state index is 11.5. The van der Waals surface area contributed by atoms with Gasteiger partial charge in [-0.1, -0.05) is 12.1 Å². The molecule has 24 heavy (non-hydrogen) atoms. The van der Waals surface area contributed by atoms with Crippen LogP contribution in [0.2, 0.25) is 0 Å². The van der Waals surface area contributed by atoms with Crippen LogP contribution in [0.15, 0.2) is 30.3 Å². The number of imidazole rings is 1. The number of hydrogen-bond acceptors (Lipinski definition) is 4. The van der Waals surface area contributed by atoms with Crippen LogP contribution in [0.4, 0.5) is 5.82 Å². The molecule has 0 spiro atoms. The first-order chi connectivity index (χ1) is 11.6. The summed E-state index contributed by atoms with van der Waals surface area (Å²) in [4.78, 5) is 18.3. The Labute approximate surface area is 139 Å². The molecule has 1 amide bonds. The van der Waals surface area contributed by atoms with Crippen LogP contribution in [0.5, 0.6) is 0 Å². The number of nitrogens with two attached hydrogens (primary N) is 1. The summed E-state index contributed by atoms with van der Waals surface area (Å²) in [7, 11) is 0. The zero-order chi connectivity index (χ0) is 16.8. The molecule has 2 N–H and O–H groups in total. The maximum Gasteiger partial charge on any atom is 0.222 e. The second-order valence-corrected chi connectivity index (χ2v) is 6.27. The van der Waals surface area contributed by atoms with Crippen LogP contribution in [0.25, 0.3) is 16.7 Å². The predicted octanol–water partition coefficient (Wildman–Crippen LogP) is 1.98. The Bertz CT molecular complexity index is 1010. The minimum Gasteiger partial charge on any atom is -0.369 e. The Balaban J connectivity index is 1.99. The molecule has 3 heterocycles. The lowest BCUT2D eigenvalue weighted by molar-refractivity contribution is -0.121. The van der Waals surface area contributed by atoms with Gasteiger partial charge >= 0.3 is 0 Å². The SMILES string of the molecule is Cc1cc(N2CCC(C(N)=O)C2)n2c(nc3ccccc32)c1C#N. The third kappa shape index (κ3) is 2.02. The van der Waals surface area contributed by atoms with Gasteiger partial charge in [0.05, 0.1) is 22.5 Å². The second kappa shape index (κ2) is 5.24. The normalized spacial score (nSPS) is 17.5. The van der Waals surface area contributed by atoms with E-state index >= 15 is 0 Å². The fourth-order valence-electron chi connectivity index (χ4n) is 3.50. The minimum absolute atomic E-state index is 0.134. The van der Waals surface area contributed by atoms with Crippen molar-refractivity contribution in [2.75, 3.05) is 18.0 Å². The van der Waals surface area contributed by atoms with Crippen molar-refractivity contribution in [3.63, 3.8) is 0 Å². The Morgan fingerprint density at radius 3 is 2.92 bits per heavy atom. The molecule has 2 aromatic heterocycles. The number of hydrogen-bond donors (Lipinski definition) is 1. The Hall–Kier alpha value is -3.07. The number of nitriles is 1. The van der Waals surface area contributed by atoms with Gasteiger partial charge in [-0.3, -0.25) is 9.20 Å².